The minimum Gasteiger partial charge on any atom is -0.365 e. The zero-order chi connectivity index (χ0) is 16.5. The summed E-state index contributed by atoms with van der Waals surface area (Å²) < 4.78 is 1.73. The van der Waals surface area contributed by atoms with E-state index in [1.807, 2.05) is 36.2 Å². The molecule has 1 amide bonds. The van der Waals surface area contributed by atoms with Gasteiger partial charge in [0.15, 0.2) is 5.65 Å². The molecular weight excluding hydrogens is 304 g/mol. The lowest BCUT2D eigenvalue weighted by Gasteiger charge is -2.16. The number of fused-ring (bicyclic) bond motifs is 1. The van der Waals surface area contributed by atoms with E-state index in [-0.39, 0.29) is 5.91 Å². The molecule has 7 nitrogen and oxygen atoms in total. The monoisotopic (exact) mass is 322 g/mol. The molecule has 7 heteroatoms. The summed E-state index contributed by atoms with van der Waals surface area (Å²) in [7, 11) is 1.86. The van der Waals surface area contributed by atoms with Crippen LogP contribution in [0.3, 0.4) is 0 Å². The van der Waals surface area contributed by atoms with Crippen LogP contribution in [0.15, 0.2) is 36.8 Å². The van der Waals surface area contributed by atoms with E-state index >= 15 is 0 Å². The molecule has 4 rings (SSSR count). The Morgan fingerprint density at radius 3 is 2.79 bits per heavy atom. The van der Waals surface area contributed by atoms with Crippen molar-refractivity contribution in [3.63, 3.8) is 0 Å². The van der Waals surface area contributed by atoms with Crippen LogP contribution >= 0.6 is 0 Å². The molecule has 0 radical (unpaired) electrons. The first-order chi connectivity index (χ1) is 11.7. The van der Waals surface area contributed by atoms with E-state index in [0.717, 1.165) is 41.1 Å². The van der Waals surface area contributed by atoms with Crippen molar-refractivity contribution < 1.29 is 4.79 Å². The molecule has 1 aromatic carbocycles. The predicted octanol–water partition coefficient (Wildman–Crippen LogP) is 2.10. The van der Waals surface area contributed by atoms with E-state index < -0.39 is 0 Å². The molecule has 0 unspecified atom stereocenters. The van der Waals surface area contributed by atoms with Crippen molar-refractivity contribution in [2.24, 2.45) is 7.05 Å². The fraction of sp³-hybridized carbons (Fsp3) is 0.294. The normalized spacial score (nSPS) is 14.5. The number of aromatic nitrogens is 4. The van der Waals surface area contributed by atoms with Crippen LogP contribution in [0, 0.1) is 0 Å². The lowest BCUT2D eigenvalue weighted by atomic mass is 10.2. The zero-order valence-corrected chi connectivity index (χ0v) is 13.4. The Balaban J connectivity index is 1.48. The molecule has 24 heavy (non-hydrogen) atoms. The highest BCUT2D eigenvalue weighted by Crippen LogP contribution is 2.22. The van der Waals surface area contributed by atoms with E-state index in [4.69, 9.17) is 0 Å². The number of benzene rings is 1. The van der Waals surface area contributed by atoms with Gasteiger partial charge in [-0.15, -0.1) is 0 Å². The maximum Gasteiger partial charge on any atom is 0.227 e. The standard InChI is InChI=1S/C17H18N6O/c1-22-17-14(10-21-22)16(19-11-20-17)18-9-12-4-6-13(7-5-12)23-8-2-3-15(23)24/h4-7,10-11H,2-3,8-9H2,1H3,(H,18,19,20). The van der Waals surface area contributed by atoms with Gasteiger partial charge in [0.1, 0.15) is 12.1 Å². The summed E-state index contributed by atoms with van der Waals surface area (Å²) in [6.45, 7) is 1.46. The van der Waals surface area contributed by atoms with Crippen LogP contribution in [0.5, 0.6) is 0 Å². The lowest BCUT2D eigenvalue weighted by Crippen LogP contribution is -2.23. The van der Waals surface area contributed by atoms with Crippen molar-refractivity contribution in [2.45, 2.75) is 19.4 Å². The van der Waals surface area contributed by atoms with Crippen molar-refractivity contribution in [3.8, 4) is 0 Å². The highest BCUT2D eigenvalue weighted by molar-refractivity contribution is 5.95. The van der Waals surface area contributed by atoms with Gasteiger partial charge in [-0.3, -0.25) is 9.48 Å². The minimum absolute atomic E-state index is 0.209. The van der Waals surface area contributed by atoms with Crippen molar-refractivity contribution in [2.75, 3.05) is 16.8 Å². The van der Waals surface area contributed by atoms with Gasteiger partial charge < -0.3 is 10.2 Å². The molecule has 0 bridgehead atoms. The van der Waals surface area contributed by atoms with Gasteiger partial charge in [0.25, 0.3) is 0 Å². The summed E-state index contributed by atoms with van der Waals surface area (Å²) >= 11 is 0. The Labute approximate surface area is 139 Å². The molecule has 1 aliphatic rings. The molecule has 0 atom stereocenters. The molecule has 1 N–H and O–H groups in total. The van der Waals surface area contributed by atoms with E-state index in [0.29, 0.717) is 13.0 Å². The maximum atomic E-state index is 11.8. The molecule has 122 valence electrons. The van der Waals surface area contributed by atoms with Gasteiger partial charge in [0.2, 0.25) is 5.91 Å². The maximum absolute atomic E-state index is 11.8. The number of aryl methyl sites for hydroxylation is 1. The van der Waals surface area contributed by atoms with Gasteiger partial charge in [-0.05, 0) is 24.1 Å². The van der Waals surface area contributed by atoms with Crippen LogP contribution in [-0.4, -0.2) is 32.2 Å². The van der Waals surface area contributed by atoms with Gasteiger partial charge >= 0.3 is 0 Å². The zero-order valence-electron chi connectivity index (χ0n) is 13.4. The van der Waals surface area contributed by atoms with Crippen molar-refractivity contribution in [1.82, 2.24) is 19.7 Å². The molecule has 3 heterocycles. The van der Waals surface area contributed by atoms with Gasteiger partial charge in [-0.2, -0.15) is 5.10 Å². The first-order valence-corrected chi connectivity index (χ1v) is 7.98. The second kappa shape index (κ2) is 5.92. The number of amides is 1. The quantitative estimate of drug-likeness (QED) is 0.796. The third-order valence-corrected chi connectivity index (χ3v) is 4.31. The van der Waals surface area contributed by atoms with Gasteiger partial charge in [0.05, 0.1) is 11.6 Å². The molecule has 0 spiro atoms. The fourth-order valence-electron chi connectivity index (χ4n) is 3.00. The Morgan fingerprint density at radius 2 is 2.04 bits per heavy atom. The first kappa shape index (κ1) is 14.6. The Hall–Kier alpha value is -2.96. The molecule has 0 saturated carbocycles. The van der Waals surface area contributed by atoms with Gasteiger partial charge in [-0.1, -0.05) is 12.1 Å². The average Bonchev–Trinajstić information content (AvgIpc) is 3.20. The van der Waals surface area contributed by atoms with E-state index in [2.05, 4.69) is 20.4 Å². The number of carbonyl (C=O) groups excluding carboxylic acids is 1. The van der Waals surface area contributed by atoms with Gasteiger partial charge in [0, 0.05) is 32.2 Å². The third-order valence-electron chi connectivity index (χ3n) is 4.31. The van der Waals surface area contributed by atoms with E-state index in [1.54, 1.807) is 10.9 Å². The second-order valence-electron chi connectivity index (χ2n) is 5.90. The number of hydrogen-bond acceptors (Lipinski definition) is 5. The highest BCUT2D eigenvalue weighted by atomic mass is 16.2. The number of nitrogens with one attached hydrogen (secondary N) is 1. The smallest absolute Gasteiger partial charge is 0.227 e. The Kier molecular flexibility index (Phi) is 3.60. The van der Waals surface area contributed by atoms with Crippen LogP contribution in [0.2, 0.25) is 0 Å². The summed E-state index contributed by atoms with van der Waals surface area (Å²) in [6, 6.07) is 8.07. The molecule has 1 saturated heterocycles. The van der Waals surface area contributed by atoms with Crippen molar-refractivity contribution in [1.29, 1.82) is 0 Å². The van der Waals surface area contributed by atoms with Crippen LogP contribution in [0.25, 0.3) is 11.0 Å². The summed E-state index contributed by atoms with van der Waals surface area (Å²) in [5.74, 6) is 0.979. The Bertz CT molecular complexity index is 886. The highest BCUT2D eigenvalue weighted by Gasteiger charge is 2.21. The average molecular weight is 322 g/mol. The van der Waals surface area contributed by atoms with Crippen LogP contribution in [-0.2, 0) is 18.4 Å². The first-order valence-electron chi connectivity index (χ1n) is 7.98. The topological polar surface area (TPSA) is 75.9 Å². The molecule has 0 aliphatic carbocycles. The molecule has 3 aromatic rings. The van der Waals surface area contributed by atoms with Crippen molar-refractivity contribution in [3.05, 3.63) is 42.4 Å². The number of hydrogen-bond donors (Lipinski definition) is 1. The Morgan fingerprint density at radius 1 is 1.21 bits per heavy atom. The second-order valence-corrected chi connectivity index (χ2v) is 5.90. The SMILES string of the molecule is Cn1ncc2c(NCc3ccc(N4CCCC4=O)cc3)ncnc21. The third kappa shape index (κ3) is 2.58. The lowest BCUT2D eigenvalue weighted by molar-refractivity contribution is -0.117. The molecule has 1 aliphatic heterocycles. The largest absolute Gasteiger partial charge is 0.365 e. The fourth-order valence-corrected chi connectivity index (χ4v) is 3.00. The number of rotatable bonds is 4. The number of nitrogens with zero attached hydrogens (tertiary/aromatic N) is 5. The van der Waals surface area contributed by atoms with Crippen LogP contribution in [0.4, 0.5) is 11.5 Å². The molecular formula is C17H18N6O. The van der Waals surface area contributed by atoms with E-state index in [9.17, 15) is 4.79 Å². The van der Waals surface area contributed by atoms with Crippen LogP contribution in [0.1, 0.15) is 18.4 Å². The van der Waals surface area contributed by atoms with Crippen molar-refractivity contribution >= 4 is 28.4 Å². The summed E-state index contributed by atoms with van der Waals surface area (Å²) in [6.07, 6.45) is 4.89. The van der Waals surface area contributed by atoms with E-state index in [1.165, 1.54) is 6.33 Å². The van der Waals surface area contributed by atoms with Gasteiger partial charge in [-0.25, -0.2) is 9.97 Å². The summed E-state index contributed by atoms with van der Waals surface area (Å²) in [5.41, 5.74) is 2.90. The minimum atomic E-state index is 0.209. The molecule has 2 aromatic heterocycles. The number of anilines is 2. The summed E-state index contributed by atoms with van der Waals surface area (Å²) in [5, 5.41) is 8.44. The predicted molar refractivity (Wildman–Crippen MR) is 91.7 cm³/mol. The molecule has 1 fully saturated rings. The number of carbonyl (C=O) groups is 1. The summed E-state index contributed by atoms with van der Waals surface area (Å²) in [4.78, 5) is 22.2. The van der Waals surface area contributed by atoms with Crippen LogP contribution < -0.4 is 10.2 Å².